The number of urea groups is 1. The minimum atomic E-state index is -0.418. The summed E-state index contributed by atoms with van der Waals surface area (Å²) in [7, 11) is 1.55. The number of benzene rings is 1. The summed E-state index contributed by atoms with van der Waals surface area (Å²) in [6, 6.07) is 9.72. The zero-order valence-corrected chi connectivity index (χ0v) is 13.7. The Morgan fingerprint density at radius 1 is 1.40 bits per heavy atom. The highest BCUT2D eigenvalue weighted by molar-refractivity contribution is 6.13. The Labute approximate surface area is 145 Å². The predicted molar refractivity (Wildman–Crippen MR) is 94.6 cm³/mol. The molecule has 25 heavy (non-hydrogen) atoms. The molecule has 128 valence electrons. The van der Waals surface area contributed by atoms with E-state index in [2.05, 4.69) is 15.6 Å². The molecule has 0 saturated carbocycles. The maximum absolute atomic E-state index is 11.7. The van der Waals surface area contributed by atoms with Crippen molar-refractivity contribution in [2.45, 2.75) is 0 Å². The fourth-order valence-electron chi connectivity index (χ4n) is 2.04. The Morgan fingerprint density at radius 3 is 2.72 bits per heavy atom. The number of nitriles is 1. The van der Waals surface area contributed by atoms with Crippen molar-refractivity contribution >= 4 is 23.2 Å². The van der Waals surface area contributed by atoms with E-state index in [9.17, 15) is 4.79 Å². The Balaban J connectivity index is 2.09. The molecule has 8 heteroatoms. The molecule has 0 aliphatic carbocycles. The van der Waals surface area contributed by atoms with E-state index in [1.54, 1.807) is 31.4 Å². The van der Waals surface area contributed by atoms with Crippen molar-refractivity contribution in [2.24, 2.45) is 0 Å². The quantitative estimate of drug-likeness (QED) is 0.469. The van der Waals surface area contributed by atoms with Gasteiger partial charge in [-0.25, -0.2) is 9.78 Å². The maximum Gasteiger partial charge on any atom is 0.320 e. The van der Waals surface area contributed by atoms with Gasteiger partial charge >= 0.3 is 6.03 Å². The summed E-state index contributed by atoms with van der Waals surface area (Å²) in [5.74, 6) is 0.281. The van der Waals surface area contributed by atoms with Crippen LogP contribution in [0.2, 0.25) is 0 Å². The van der Waals surface area contributed by atoms with Gasteiger partial charge in [-0.05, 0) is 12.1 Å². The molecule has 0 aliphatic rings. The van der Waals surface area contributed by atoms with Gasteiger partial charge < -0.3 is 15.8 Å². The first-order valence-electron chi connectivity index (χ1n) is 7.44. The van der Waals surface area contributed by atoms with Gasteiger partial charge in [0.1, 0.15) is 5.82 Å². The fraction of sp³-hybridized carbons (Fsp3) is 0.176. The molecule has 8 nitrogen and oxygen atoms in total. The number of carbonyl (C=O) groups is 1. The highest BCUT2D eigenvalue weighted by Gasteiger charge is 2.11. The zero-order chi connectivity index (χ0) is 18.2. The summed E-state index contributed by atoms with van der Waals surface area (Å²) in [4.78, 5) is 15.8. The van der Waals surface area contributed by atoms with Crippen LogP contribution in [0.15, 0.2) is 36.5 Å². The number of nitrogens with two attached hydrogens (primary N) is 1. The van der Waals surface area contributed by atoms with Gasteiger partial charge in [0.15, 0.2) is 0 Å². The van der Waals surface area contributed by atoms with E-state index in [0.717, 1.165) is 0 Å². The molecule has 0 atom stereocenters. The molecule has 0 aliphatic heterocycles. The van der Waals surface area contributed by atoms with Crippen LogP contribution in [0.25, 0.3) is 0 Å². The van der Waals surface area contributed by atoms with Gasteiger partial charge in [0.2, 0.25) is 0 Å². The van der Waals surface area contributed by atoms with Gasteiger partial charge in [-0.2, -0.15) is 5.26 Å². The van der Waals surface area contributed by atoms with Crippen LogP contribution in [0.5, 0.6) is 0 Å². The van der Waals surface area contributed by atoms with E-state index in [4.69, 9.17) is 21.1 Å². The lowest BCUT2D eigenvalue weighted by Gasteiger charge is -2.11. The number of ether oxygens (including phenoxy) is 1. The number of methoxy groups -OCH3 is 1. The van der Waals surface area contributed by atoms with E-state index < -0.39 is 6.03 Å². The zero-order valence-electron chi connectivity index (χ0n) is 13.7. The van der Waals surface area contributed by atoms with Gasteiger partial charge in [-0.15, -0.1) is 0 Å². The molecule has 5 N–H and O–H groups in total. The number of rotatable bonds is 6. The molecule has 0 spiro atoms. The van der Waals surface area contributed by atoms with Crippen molar-refractivity contribution in [1.82, 2.24) is 10.3 Å². The van der Waals surface area contributed by atoms with Crippen LogP contribution in [-0.2, 0) is 4.74 Å². The average Bonchev–Trinajstić information content (AvgIpc) is 2.61. The number of anilines is 2. The molecule has 1 aromatic carbocycles. The van der Waals surface area contributed by atoms with Crippen molar-refractivity contribution in [3.05, 3.63) is 53.2 Å². The van der Waals surface area contributed by atoms with E-state index in [0.29, 0.717) is 35.5 Å². The Bertz CT molecular complexity index is 811. The lowest BCUT2D eigenvalue weighted by atomic mass is 10.0. The summed E-state index contributed by atoms with van der Waals surface area (Å²) >= 11 is 0. The topological polar surface area (TPSA) is 137 Å². The third-order valence-electron chi connectivity index (χ3n) is 3.34. The van der Waals surface area contributed by atoms with Crippen molar-refractivity contribution < 1.29 is 9.53 Å². The first kappa shape index (κ1) is 17.9. The number of aromatic nitrogens is 1. The number of hydrogen-bond acceptors (Lipinski definition) is 6. The van der Waals surface area contributed by atoms with Crippen LogP contribution in [0.3, 0.4) is 0 Å². The highest BCUT2D eigenvalue weighted by atomic mass is 16.5. The Morgan fingerprint density at radius 2 is 2.12 bits per heavy atom. The Kier molecular flexibility index (Phi) is 6.03. The molecule has 1 heterocycles. The molecule has 0 radical (unpaired) electrons. The van der Waals surface area contributed by atoms with Crippen LogP contribution in [-0.4, -0.2) is 37.0 Å². The minimum Gasteiger partial charge on any atom is -0.398 e. The largest absolute Gasteiger partial charge is 0.398 e. The normalized spacial score (nSPS) is 9.92. The predicted octanol–water partition coefficient (Wildman–Crippen LogP) is 1.72. The number of nitrogens with one attached hydrogen (secondary N) is 3. The lowest BCUT2D eigenvalue weighted by Crippen LogP contribution is -2.31. The number of carbonyl (C=O) groups excluding carboxylic acids is 1. The monoisotopic (exact) mass is 338 g/mol. The number of pyridine rings is 1. The summed E-state index contributed by atoms with van der Waals surface area (Å²) in [6.07, 6.45) is 1.43. The molecule has 0 fully saturated rings. The smallest absolute Gasteiger partial charge is 0.320 e. The molecule has 2 aromatic rings. The van der Waals surface area contributed by atoms with Gasteiger partial charge in [0.05, 0.1) is 24.0 Å². The van der Waals surface area contributed by atoms with Crippen molar-refractivity contribution in [2.75, 3.05) is 31.3 Å². The molecule has 2 rings (SSSR count). The summed E-state index contributed by atoms with van der Waals surface area (Å²) in [5.41, 5.74) is 8.06. The molecular formula is C17H18N6O2. The first-order valence-corrected chi connectivity index (χ1v) is 7.44. The first-order chi connectivity index (χ1) is 12.0. The molecule has 0 saturated heterocycles. The second kappa shape index (κ2) is 8.42. The van der Waals surface area contributed by atoms with Gasteiger partial charge in [0, 0.05) is 42.7 Å². The number of hydrogen-bond donors (Lipinski definition) is 4. The summed E-state index contributed by atoms with van der Waals surface area (Å²) in [6.45, 7) is 0.781. The molecule has 1 aromatic heterocycles. The van der Waals surface area contributed by atoms with Gasteiger partial charge in [-0.3, -0.25) is 10.7 Å². The van der Waals surface area contributed by atoms with Gasteiger partial charge in [0.25, 0.3) is 0 Å². The van der Waals surface area contributed by atoms with Crippen molar-refractivity contribution in [3.8, 4) is 6.07 Å². The number of nitrogens with zero attached hydrogens (tertiary/aromatic N) is 2. The molecule has 0 unspecified atom stereocenters. The van der Waals surface area contributed by atoms with E-state index >= 15 is 0 Å². The SMILES string of the molecule is COCCNC(=O)Nc1cc(N)c(C(=N)c2ccc(C#N)cc2)cn1. The van der Waals surface area contributed by atoms with Crippen LogP contribution in [0.1, 0.15) is 16.7 Å². The standard InChI is InChI=1S/C17H18N6O2/c1-25-7-6-21-17(24)23-15-8-14(19)13(10-22-15)16(20)12-4-2-11(9-18)3-5-12/h2-5,8,10,20H,6-7H2,1H3,(H4,19,21,22,23,24). The minimum absolute atomic E-state index is 0.186. The number of nitrogen functional groups attached to an aromatic ring is 1. The van der Waals surface area contributed by atoms with Crippen LogP contribution < -0.4 is 16.4 Å². The number of amides is 2. The second-order valence-electron chi connectivity index (χ2n) is 5.09. The van der Waals surface area contributed by atoms with E-state index in [1.807, 2.05) is 6.07 Å². The fourth-order valence-corrected chi connectivity index (χ4v) is 2.04. The van der Waals surface area contributed by atoms with Crippen LogP contribution in [0.4, 0.5) is 16.3 Å². The average molecular weight is 338 g/mol. The summed E-state index contributed by atoms with van der Waals surface area (Å²) < 4.78 is 4.84. The van der Waals surface area contributed by atoms with Crippen LogP contribution >= 0.6 is 0 Å². The molecular weight excluding hydrogens is 320 g/mol. The highest BCUT2D eigenvalue weighted by Crippen LogP contribution is 2.19. The van der Waals surface area contributed by atoms with Crippen molar-refractivity contribution in [1.29, 1.82) is 10.7 Å². The summed E-state index contributed by atoms with van der Waals surface area (Å²) in [5, 5.41) is 22.2. The van der Waals surface area contributed by atoms with E-state index in [-0.39, 0.29) is 11.5 Å². The third-order valence-corrected chi connectivity index (χ3v) is 3.34. The molecule has 0 bridgehead atoms. The van der Waals surface area contributed by atoms with Crippen molar-refractivity contribution in [3.63, 3.8) is 0 Å². The maximum atomic E-state index is 11.7. The third kappa shape index (κ3) is 4.76. The van der Waals surface area contributed by atoms with Crippen LogP contribution in [0, 0.1) is 16.7 Å². The second-order valence-corrected chi connectivity index (χ2v) is 5.09. The van der Waals surface area contributed by atoms with Gasteiger partial charge in [-0.1, -0.05) is 12.1 Å². The lowest BCUT2D eigenvalue weighted by molar-refractivity contribution is 0.198. The Hall–Kier alpha value is -3.44. The van der Waals surface area contributed by atoms with E-state index in [1.165, 1.54) is 12.3 Å². The molecule has 2 amide bonds.